The normalized spacial score (nSPS) is 11.6. The third-order valence-corrected chi connectivity index (χ3v) is 3.92. The van der Waals surface area contributed by atoms with E-state index in [1.165, 1.54) is 4.88 Å². The van der Waals surface area contributed by atoms with Gasteiger partial charge in [-0.05, 0) is 33.3 Å². The lowest BCUT2D eigenvalue weighted by Gasteiger charge is -2.02. The number of aryl methyl sites for hydroxylation is 2. The quantitative estimate of drug-likeness (QED) is 0.632. The summed E-state index contributed by atoms with van der Waals surface area (Å²) in [5.74, 6) is -0.0900. The van der Waals surface area contributed by atoms with Gasteiger partial charge in [0.25, 0.3) is 0 Å². The molecule has 21 heavy (non-hydrogen) atoms. The van der Waals surface area contributed by atoms with Gasteiger partial charge in [0.05, 0.1) is 11.4 Å². The van der Waals surface area contributed by atoms with Gasteiger partial charge in [-0.25, -0.2) is 4.98 Å². The van der Waals surface area contributed by atoms with Crippen LogP contribution >= 0.6 is 11.3 Å². The molecule has 0 unspecified atom stereocenters. The molecule has 0 spiro atoms. The van der Waals surface area contributed by atoms with E-state index in [1.807, 2.05) is 37.4 Å². The second-order valence-electron chi connectivity index (χ2n) is 4.75. The van der Waals surface area contributed by atoms with E-state index in [-0.39, 0.29) is 5.91 Å². The standard InChI is InChI=1S/C15H21N3O2S/c1-4-20-9-5-8-16-14(19)7-6-13-12(3)17-15-18(13)10-11(2)21-15/h6-7,10H,4-5,8-9H2,1-3H3,(H,16,19)/b7-6-. The fourth-order valence-electron chi connectivity index (χ4n) is 2.03. The van der Waals surface area contributed by atoms with Crippen molar-refractivity contribution in [3.63, 3.8) is 0 Å². The second kappa shape index (κ2) is 7.38. The molecule has 0 saturated carbocycles. The van der Waals surface area contributed by atoms with Crippen LogP contribution in [0.1, 0.15) is 29.6 Å². The minimum absolute atomic E-state index is 0.0900. The fraction of sp³-hybridized carbons (Fsp3) is 0.467. The number of imidazole rings is 1. The predicted molar refractivity (Wildman–Crippen MR) is 85.7 cm³/mol. The number of hydrogen-bond donors (Lipinski definition) is 1. The highest BCUT2D eigenvalue weighted by Crippen LogP contribution is 2.21. The molecule has 2 heterocycles. The number of nitrogens with zero attached hydrogens (tertiary/aromatic N) is 2. The maximum Gasteiger partial charge on any atom is 0.244 e. The summed E-state index contributed by atoms with van der Waals surface area (Å²) in [7, 11) is 0. The van der Waals surface area contributed by atoms with Crippen LogP contribution in [0.2, 0.25) is 0 Å². The van der Waals surface area contributed by atoms with Crippen LogP contribution in [0.5, 0.6) is 0 Å². The van der Waals surface area contributed by atoms with Gasteiger partial charge in [-0.3, -0.25) is 9.20 Å². The summed E-state index contributed by atoms with van der Waals surface area (Å²) in [6, 6.07) is 0. The molecule has 0 fully saturated rings. The minimum atomic E-state index is -0.0900. The third-order valence-electron chi connectivity index (χ3n) is 3.02. The lowest BCUT2D eigenvalue weighted by Crippen LogP contribution is -2.23. The first-order valence-electron chi connectivity index (χ1n) is 7.10. The Bertz CT molecular complexity index is 643. The van der Waals surface area contributed by atoms with E-state index in [0.717, 1.165) is 22.8 Å². The summed E-state index contributed by atoms with van der Waals surface area (Å²) in [5, 5.41) is 2.84. The summed E-state index contributed by atoms with van der Waals surface area (Å²) in [6.45, 7) is 7.98. The van der Waals surface area contributed by atoms with E-state index in [4.69, 9.17) is 4.74 Å². The third kappa shape index (κ3) is 4.15. The van der Waals surface area contributed by atoms with Crippen molar-refractivity contribution in [1.82, 2.24) is 14.7 Å². The molecule has 0 aromatic carbocycles. The van der Waals surface area contributed by atoms with Crippen LogP contribution in [0, 0.1) is 13.8 Å². The first kappa shape index (κ1) is 15.7. The summed E-state index contributed by atoms with van der Waals surface area (Å²) in [5.41, 5.74) is 1.89. The van der Waals surface area contributed by atoms with E-state index >= 15 is 0 Å². The maximum atomic E-state index is 11.8. The summed E-state index contributed by atoms with van der Waals surface area (Å²) in [4.78, 5) is 18.4. The monoisotopic (exact) mass is 307 g/mol. The smallest absolute Gasteiger partial charge is 0.244 e. The van der Waals surface area contributed by atoms with Gasteiger partial charge in [0.15, 0.2) is 4.96 Å². The van der Waals surface area contributed by atoms with E-state index in [2.05, 4.69) is 10.3 Å². The van der Waals surface area contributed by atoms with Crippen molar-refractivity contribution < 1.29 is 9.53 Å². The first-order valence-corrected chi connectivity index (χ1v) is 7.92. The molecule has 5 nitrogen and oxygen atoms in total. The molecule has 0 radical (unpaired) electrons. The predicted octanol–water partition coefficient (Wildman–Crippen LogP) is 2.57. The highest BCUT2D eigenvalue weighted by atomic mass is 32.1. The number of fused-ring (bicyclic) bond motifs is 1. The van der Waals surface area contributed by atoms with Crippen LogP contribution in [0.4, 0.5) is 0 Å². The van der Waals surface area contributed by atoms with Crippen molar-refractivity contribution in [1.29, 1.82) is 0 Å². The van der Waals surface area contributed by atoms with Gasteiger partial charge >= 0.3 is 0 Å². The van der Waals surface area contributed by atoms with Gasteiger partial charge in [0.2, 0.25) is 5.91 Å². The van der Waals surface area contributed by atoms with Crippen molar-refractivity contribution in [2.45, 2.75) is 27.2 Å². The van der Waals surface area contributed by atoms with Crippen LogP contribution < -0.4 is 5.32 Å². The number of hydrogen-bond acceptors (Lipinski definition) is 4. The van der Waals surface area contributed by atoms with Crippen LogP contribution in [-0.2, 0) is 9.53 Å². The lowest BCUT2D eigenvalue weighted by atomic mass is 10.3. The van der Waals surface area contributed by atoms with Gasteiger partial charge in [0.1, 0.15) is 0 Å². The Kier molecular flexibility index (Phi) is 5.52. The largest absolute Gasteiger partial charge is 0.382 e. The Balaban J connectivity index is 1.93. The van der Waals surface area contributed by atoms with Gasteiger partial charge in [-0.1, -0.05) is 0 Å². The second-order valence-corrected chi connectivity index (χ2v) is 5.96. The van der Waals surface area contributed by atoms with Crippen LogP contribution in [0.15, 0.2) is 12.3 Å². The van der Waals surface area contributed by atoms with Crippen LogP contribution in [0.3, 0.4) is 0 Å². The van der Waals surface area contributed by atoms with Crippen molar-refractivity contribution in [2.75, 3.05) is 19.8 Å². The molecule has 6 heteroatoms. The number of aromatic nitrogens is 2. The van der Waals surface area contributed by atoms with Gasteiger partial charge in [-0.2, -0.15) is 0 Å². The van der Waals surface area contributed by atoms with E-state index in [1.54, 1.807) is 17.4 Å². The number of nitrogens with one attached hydrogen (secondary N) is 1. The van der Waals surface area contributed by atoms with E-state index < -0.39 is 0 Å². The number of carbonyl (C=O) groups excluding carboxylic acids is 1. The molecule has 2 aromatic heterocycles. The highest BCUT2D eigenvalue weighted by molar-refractivity contribution is 7.17. The summed E-state index contributed by atoms with van der Waals surface area (Å²) in [6.07, 6.45) is 6.25. The van der Waals surface area contributed by atoms with Crippen LogP contribution in [0.25, 0.3) is 11.0 Å². The van der Waals surface area contributed by atoms with Crippen molar-refractivity contribution in [3.05, 3.63) is 28.5 Å². The van der Waals surface area contributed by atoms with E-state index in [9.17, 15) is 4.79 Å². The van der Waals surface area contributed by atoms with Gasteiger partial charge in [0, 0.05) is 36.9 Å². The maximum absolute atomic E-state index is 11.8. The molecule has 2 rings (SSSR count). The minimum Gasteiger partial charge on any atom is -0.382 e. The Hall–Kier alpha value is -1.66. The molecule has 0 aliphatic heterocycles. The van der Waals surface area contributed by atoms with Crippen LogP contribution in [-0.4, -0.2) is 35.1 Å². The number of thiazole rings is 1. The Labute approximate surface area is 128 Å². The zero-order valence-electron chi connectivity index (χ0n) is 12.7. The van der Waals surface area contributed by atoms with E-state index in [0.29, 0.717) is 19.8 Å². The molecule has 2 aromatic rings. The Morgan fingerprint density at radius 2 is 2.33 bits per heavy atom. The lowest BCUT2D eigenvalue weighted by molar-refractivity contribution is -0.116. The molecular weight excluding hydrogens is 286 g/mol. The van der Waals surface area contributed by atoms with Gasteiger partial charge < -0.3 is 10.1 Å². The number of ether oxygens (including phenoxy) is 1. The molecule has 0 saturated heterocycles. The number of rotatable bonds is 7. The molecule has 0 atom stereocenters. The SMILES string of the molecule is CCOCCCNC(=O)/C=C\c1c(C)nc2sc(C)cn12. The Morgan fingerprint density at radius 1 is 1.52 bits per heavy atom. The highest BCUT2D eigenvalue weighted by Gasteiger charge is 2.08. The molecule has 0 bridgehead atoms. The summed E-state index contributed by atoms with van der Waals surface area (Å²) >= 11 is 1.65. The average molecular weight is 307 g/mol. The topological polar surface area (TPSA) is 55.6 Å². The zero-order chi connectivity index (χ0) is 15.2. The van der Waals surface area contributed by atoms with Crippen molar-refractivity contribution in [3.8, 4) is 0 Å². The van der Waals surface area contributed by atoms with Crippen molar-refractivity contribution in [2.24, 2.45) is 0 Å². The summed E-state index contributed by atoms with van der Waals surface area (Å²) < 4.78 is 7.24. The molecular formula is C15H21N3O2S. The number of amides is 1. The van der Waals surface area contributed by atoms with Crippen molar-refractivity contribution >= 4 is 28.3 Å². The first-order chi connectivity index (χ1) is 10.1. The molecule has 0 aliphatic carbocycles. The molecule has 1 amide bonds. The zero-order valence-corrected chi connectivity index (χ0v) is 13.5. The number of carbonyl (C=O) groups is 1. The Morgan fingerprint density at radius 3 is 3.10 bits per heavy atom. The average Bonchev–Trinajstić information content (AvgIpc) is 2.91. The molecule has 1 N–H and O–H groups in total. The molecule has 0 aliphatic rings. The fourth-order valence-corrected chi connectivity index (χ4v) is 2.90. The van der Waals surface area contributed by atoms with Gasteiger partial charge in [-0.15, -0.1) is 11.3 Å². The molecule has 114 valence electrons.